The molecule has 0 bridgehead atoms. The number of nitrogens with two attached hydrogens (primary N) is 1. The SMILES string of the molecule is CN1C(Br)C(C(F)(F)F)CC(N)C1C1OC1O. The van der Waals surface area contributed by atoms with Gasteiger partial charge in [-0.2, -0.15) is 13.2 Å². The summed E-state index contributed by atoms with van der Waals surface area (Å²) in [5, 5.41) is 9.18. The molecular formula is C9H14BrF3N2O2. The Balaban J connectivity index is 2.12. The minimum atomic E-state index is -4.28. The molecule has 2 aliphatic rings. The van der Waals surface area contributed by atoms with Crippen molar-refractivity contribution in [2.75, 3.05) is 7.05 Å². The van der Waals surface area contributed by atoms with Gasteiger partial charge in [-0.05, 0) is 13.5 Å². The first-order chi connectivity index (χ1) is 7.73. The lowest BCUT2D eigenvalue weighted by Crippen LogP contribution is -2.61. The molecule has 0 aromatic rings. The van der Waals surface area contributed by atoms with Gasteiger partial charge in [0.15, 0.2) is 6.29 Å². The van der Waals surface area contributed by atoms with Gasteiger partial charge in [-0.25, -0.2) is 0 Å². The second kappa shape index (κ2) is 4.34. The highest BCUT2D eigenvalue weighted by Gasteiger charge is 2.57. The van der Waals surface area contributed by atoms with Crippen LogP contribution in [0.5, 0.6) is 0 Å². The first kappa shape index (κ1) is 13.5. The van der Waals surface area contributed by atoms with Crippen LogP contribution >= 0.6 is 15.9 Å². The van der Waals surface area contributed by atoms with Crippen LogP contribution in [0, 0.1) is 5.92 Å². The minimum Gasteiger partial charge on any atom is -0.366 e. The zero-order chi connectivity index (χ0) is 13.0. The molecule has 8 heteroatoms. The van der Waals surface area contributed by atoms with Crippen LogP contribution in [-0.2, 0) is 4.74 Å². The largest absolute Gasteiger partial charge is 0.394 e. The molecule has 17 heavy (non-hydrogen) atoms. The van der Waals surface area contributed by atoms with Crippen molar-refractivity contribution in [2.45, 2.75) is 42.0 Å². The zero-order valence-electron chi connectivity index (χ0n) is 9.06. The number of aliphatic hydroxyl groups excluding tert-OH is 1. The summed E-state index contributed by atoms with van der Waals surface area (Å²) in [6, 6.07) is -1.06. The van der Waals surface area contributed by atoms with Crippen LogP contribution in [0.25, 0.3) is 0 Å². The molecule has 0 aromatic carbocycles. The predicted molar refractivity (Wildman–Crippen MR) is 57.3 cm³/mol. The van der Waals surface area contributed by atoms with Crippen LogP contribution in [0.1, 0.15) is 6.42 Å². The molecule has 2 aliphatic heterocycles. The molecule has 0 saturated carbocycles. The van der Waals surface area contributed by atoms with Crippen molar-refractivity contribution >= 4 is 15.9 Å². The van der Waals surface area contributed by atoms with Gasteiger partial charge in [0.25, 0.3) is 0 Å². The van der Waals surface area contributed by atoms with Gasteiger partial charge >= 0.3 is 6.18 Å². The van der Waals surface area contributed by atoms with E-state index in [-0.39, 0.29) is 6.42 Å². The summed E-state index contributed by atoms with van der Waals surface area (Å²) < 4.78 is 43.2. The Kier molecular flexibility index (Phi) is 3.46. The zero-order valence-corrected chi connectivity index (χ0v) is 10.6. The summed E-state index contributed by atoms with van der Waals surface area (Å²) in [6.07, 6.45) is -5.84. The number of hydrogen-bond acceptors (Lipinski definition) is 4. The second-order valence-corrected chi connectivity index (χ2v) is 5.51. The monoisotopic (exact) mass is 318 g/mol. The minimum absolute atomic E-state index is 0.166. The van der Waals surface area contributed by atoms with Crippen molar-refractivity contribution in [3.63, 3.8) is 0 Å². The molecule has 0 radical (unpaired) electrons. The molecule has 2 saturated heterocycles. The Hall–Kier alpha value is 0.110. The van der Waals surface area contributed by atoms with Crippen molar-refractivity contribution in [1.29, 1.82) is 0 Å². The highest BCUT2D eigenvalue weighted by Crippen LogP contribution is 2.43. The molecule has 2 rings (SSSR count). The summed E-state index contributed by atoms with van der Waals surface area (Å²) in [7, 11) is 1.55. The number of likely N-dealkylation sites (tertiary alicyclic amines) is 1. The normalized spacial score (nSPS) is 48.2. The van der Waals surface area contributed by atoms with E-state index in [0.29, 0.717) is 0 Å². The lowest BCUT2D eigenvalue weighted by molar-refractivity contribution is -0.195. The predicted octanol–water partition coefficient (Wildman–Crippen LogP) is 0.634. The fourth-order valence-corrected chi connectivity index (χ4v) is 3.21. The highest BCUT2D eigenvalue weighted by atomic mass is 79.9. The van der Waals surface area contributed by atoms with Gasteiger partial charge in [0.1, 0.15) is 6.10 Å². The van der Waals surface area contributed by atoms with E-state index in [1.54, 1.807) is 7.05 Å². The smallest absolute Gasteiger partial charge is 0.366 e. The number of alkyl halides is 4. The maximum absolute atomic E-state index is 12.8. The number of nitrogens with zero attached hydrogens (tertiary/aromatic N) is 1. The Morgan fingerprint density at radius 1 is 1.47 bits per heavy atom. The van der Waals surface area contributed by atoms with Crippen LogP contribution in [0.2, 0.25) is 0 Å². The fourth-order valence-electron chi connectivity index (χ4n) is 2.43. The van der Waals surface area contributed by atoms with Gasteiger partial charge in [-0.1, -0.05) is 15.9 Å². The number of piperidine rings is 1. The summed E-state index contributed by atoms with van der Waals surface area (Å²) >= 11 is 3.05. The van der Waals surface area contributed by atoms with E-state index in [9.17, 15) is 18.3 Å². The molecule has 4 nitrogen and oxygen atoms in total. The molecule has 6 unspecified atom stereocenters. The standard InChI is InChI=1S/C9H14BrF3N2O2/c1-15-5(6-8(16)17-6)4(14)2-3(7(15)10)9(11,12)13/h3-8,16H,2,14H2,1H3. The molecule has 0 aromatic heterocycles. The fraction of sp³-hybridized carbons (Fsp3) is 1.00. The number of aliphatic hydroxyl groups is 1. The van der Waals surface area contributed by atoms with Crippen molar-refractivity contribution in [3.8, 4) is 0 Å². The second-order valence-electron chi connectivity index (χ2n) is 4.57. The number of likely N-dealkylation sites (N-methyl/N-ethyl adjacent to an activating group) is 1. The third kappa shape index (κ3) is 2.46. The first-order valence-electron chi connectivity index (χ1n) is 5.25. The van der Waals surface area contributed by atoms with Crippen molar-refractivity contribution in [1.82, 2.24) is 4.90 Å². The molecule has 0 spiro atoms. The maximum atomic E-state index is 12.8. The first-order valence-corrected chi connectivity index (χ1v) is 6.17. The molecule has 6 atom stereocenters. The Morgan fingerprint density at radius 2 is 2.00 bits per heavy atom. The number of ether oxygens (including phenoxy) is 1. The molecule has 0 aliphatic carbocycles. The summed E-state index contributed by atoms with van der Waals surface area (Å²) in [6.45, 7) is 0. The molecule has 0 amide bonds. The average molecular weight is 319 g/mol. The Bertz CT molecular complexity index is 304. The number of epoxide rings is 1. The van der Waals surface area contributed by atoms with E-state index in [1.165, 1.54) is 4.90 Å². The lowest BCUT2D eigenvalue weighted by Gasteiger charge is -2.45. The topological polar surface area (TPSA) is 62.0 Å². The number of halogens is 4. The lowest BCUT2D eigenvalue weighted by atomic mass is 9.87. The van der Waals surface area contributed by atoms with Crippen LogP contribution in [-0.4, -0.2) is 52.7 Å². The molecule has 2 heterocycles. The number of rotatable bonds is 1. The van der Waals surface area contributed by atoms with E-state index < -0.39 is 41.5 Å². The molecule has 100 valence electrons. The van der Waals surface area contributed by atoms with Crippen molar-refractivity contribution in [3.05, 3.63) is 0 Å². The van der Waals surface area contributed by atoms with E-state index in [0.717, 1.165) is 0 Å². The summed E-state index contributed by atoms with van der Waals surface area (Å²) in [4.78, 5) is 0.649. The van der Waals surface area contributed by atoms with E-state index in [1.807, 2.05) is 0 Å². The summed E-state index contributed by atoms with van der Waals surface area (Å²) in [5.41, 5.74) is 5.77. The van der Waals surface area contributed by atoms with Crippen LogP contribution in [0.15, 0.2) is 0 Å². The quantitative estimate of drug-likeness (QED) is 0.423. The van der Waals surface area contributed by atoms with E-state index in [4.69, 9.17) is 10.5 Å². The van der Waals surface area contributed by atoms with E-state index in [2.05, 4.69) is 15.9 Å². The molecular weight excluding hydrogens is 305 g/mol. The number of hydrogen-bond donors (Lipinski definition) is 2. The van der Waals surface area contributed by atoms with Crippen LogP contribution in [0.3, 0.4) is 0 Å². The third-order valence-corrected chi connectivity index (χ3v) is 4.70. The summed E-state index contributed by atoms with van der Waals surface area (Å²) in [5.74, 6) is -1.50. The third-order valence-electron chi connectivity index (χ3n) is 3.41. The van der Waals surface area contributed by atoms with E-state index >= 15 is 0 Å². The molecule has 3 N–H and O–H groups in total. The van der Waals surface area contributed by atoms with Gasteiger partial charge < -0.3 is 15.6 Å². The molecule has 2 fully saturated rings. The van der Waals surface area contributed by atoms with Crippen molar-refractivity contribution in [2.24, 2.45) is 11.7 Å². The Morgan fingerprint density at radius 3 is 2.41 bits per heavy atom. The van der Waals surface area contributed by atoms with Gasteiger partial charge in [0.2, 0.25) is 0 Å². The van der Waals surface area contributed by atoms with Gasteiger partial charge in [-0.15, -0.1) is 0 Å². The average Bonchev–Trinajstić information content (AvgIpc) is 2.87. The van der Waals surface area contributed by atoms with Gasteiger partial charge in [-0.3, -0.25) is 4.90 Å². The highest BCUT2D eigenvalue weighted by molar-refractivity contribution is 9.09. The van der Waals surface area contributed by atoms with Crippen LogP contribution in [0.4, 0.5) is 13.2 Å². The van der Waals surface area contributed by atoms with Crippen LogP contribution < -0.4 is 5.73 Å². The van der Waals surface area contributed by atoms with Gasteiger partial charge in [0, 0.05) is 6.04 Å². The maximum Gasteiger partial charge on any atom is 0.394 e. The Labute approximate surface area is 105 Å². The van der Waals surface area contributed by atoms with Gasteiger partial charge in [0.05, 0.1) is 16.9 Å². The van der Waals surface area contributed by atoms with Crippen molar-refractivity contribution < 1.29 is 23.0 Å².